The number of hydrogen-bond donors (Lipinski definition) is 3. The average Bonchev–Trinajstić information content (AvgIpc) is 2.72. The monoisotopic (exact) mass is 305 g/mol. The van der Waals surface area contributed by atoms with E-state index in [-0.39, 0.29) is 25.4 Å². The van der Waals surface area contributed by atoms with Gasteiger partial charge in [-0.3, -0.25) is 0 Å². The minimum absolute atomic E-state index is 0. The third kappa shape index (κ3) is 4.00. The summed E-state index contributed by atoms with van der Waals surface area (Å²) in [5.41, 5.74) is 6.79. The molecule has 0 aliphatic heterocycles. The number of rotatable bonds is 4. The molecule has 19 heavy (non-hydrogen) atoms. The smallest absolute Gasteiger partial charge is 0.478 e. The molecular formula is C13H19Cl2N2O2+. The van der Waals surface area contributed by atoms with E-state index in [0.29, 0.717) is 23.2 Å². The van der Waals surface area contributed by atoms with Gasteiger partial charge >= 0.3 is 7.40 Å². The number of carboxylic acid groups (broad SMARTS) is 1. The van der Waals surface area contributed by atoms with Crippen molar-refractivity contribution >= 4 is 35.7 Å². The van der Waals surface area contributed by atoms with Crippen molar-refractivity contribution in [2.45, 2.75) is 25.3 Å². The molecule has 1 aromatic rings. The molecule has 0 saturated heterocycles. The van der Waals surface area contributed by atoms with E-state index in [1.54, 1.807) is 12.1 Å². The van der Waals surface area contributed by atoms with Crippen molar-refractivity contribution in [3.8, 4) is 0 Å². The number of benzene rings is 1. The van der Waals surface area contributed by atoms with Crippen molar-refractivity contribution in [1.29, 1.82) is 0 Å². The molecule has 0 aromatic heterocycles. The maximum Gasteiger partial charge on any atom is 1.00 e. The van der Waals surface area contributed by atoms with Crippen molar-refractivity contribution in [3.63, 3.8) is 0 Å². The van der Waals surface area contributed by atoms with Crippen molar-refractivity contribution in [2.75, 3.05) is 11.9 Å². The molecule has 0 bridgehead atoms. The molecule has 4 N–H and O–H groups in total. The Morgan fingerprint density at radius 3 is 2.84 bits per heavy atom. The number of nitrogens with one attached hydrogen (secondary N) is 1. The molecule has 2 atom stereocenters. The Balaban J connectivity index is 0.00000180. The summed E-state index contributed by atoms with van der Waals surface area (Å²) in [7, 11) is 0. The first kappa shape index (κ1) is 16.1. The fraction of sp³-hybridized carbons (Fsp3) is 0.462. The summed E-state index contributed by atoms with van der Waals surface area (Å²) in [6.07, 6.45) is 3.29. The first-order valence-corrected chi connectivity index (χ1v) is 6.48. The van der Waals surface area contributed by atoms with Crippen molar-refractivity contribution in [1.82, 2.24) is 0 Å². The van der Waals surface area contributed by atoms with Gasteiger partial charge in [-0.1, -0.05) is 18.0 Å². The van der Waals surface area contributed by atoms with E-state index in [2.05, 4.69) is 5.32 Å². The van der Waals surface area contributed by atoms with Gasteiger partial charge in [0, 0.05) is 17.6 Å². The summed E-state index contributed by atoms with van der Waals surface area (Å²) in [5, 5.41) is 12.8. The van der Waals surface area contributed by atoms with Crippen LogP contribution in [0.25, 0.3) is 0 Å². The SMILES string of the molecule is Cl.N[C@@H]1CCC[C@@H]1CNc1cc(Cl)ccc1C(=O)O.[H+]. The molecule has 0 radical (unpaired) electrons. The molecule has 1 saturated carbocycles. The second-order valence-corrected chi connectivity index (χ2v) is 5.17. The Morgan fingerprint density at radius 2 is 2.26 bits per heavy atom. The summed E-state index contributed by atoms with van der Waals surface area (Å²) >= 11 is 5.89. The topological polar surface area (TPSA) is 75.3 Å². The lowest BCUT2D eigenvalue weighted by Crippen LogP contribution is -2.29. The molecule has 0 spiro atoms. The van der Waals surface area contributed by atoms with Gasteiger partial charge < -0.3 is 16.2 Å². The van der Waals surface area contributed by atoms with Crippen LogP contribution in [0.1, 0.15) is 31.0 Å². The first-order chi connectivity index (χ1) is 8.58. The fourth-order valence-corrected chi connectivity index (χ4v) is 2.58. The van der Waals surface area contributed by atoms with Crippen LogP contribution in [0.5, 0.6) is 0 Å². The summed E-state index contributed by atoms with van der Waals surface area (Å²) < 4.78 is 0. The van der Waals surface area contributed by atoms with E-state index in [0.717, 1.165) is 19.3 Å². The lowest BCUT2D eigenvalue weighted by molar-refractivity contribution is 0.0698. The molecule has 4 nitrogen and oxygen atoms in total. The fourth-order valence-electron chi connectivity index (χ4n) is 2.41. The summed E-state index contributed by atoms with van der Waals surface area (Å²) in [5.74, 6) is -0.546. The Bertz CT molecular complexity index is 460. The van der Waals surface area contributed by atoms with E-state index in [1.165, 1.54) is 6.07 Å². The van der Waals surface area contributed by atoms with Crippen molar-refractivity contribution in [2.24, 2.45) is 11.7 Å². The predicted molar refractivity (Wildman–Crippen MR) is 80.6 cm³/mol. The zero-order chi connectivity index (χ0) is 13.1. The number of nitrogens with two attached hydrogens (primary N) is 1. The standard InChI is InChI=1S/C13H17ClN2O2.ClH/c14-9-4-5-10(13(17)18)12(6-9)16-7-8-2-1-3-11(8)15;/h4-6,8,11,16H,1-3,7,15H2,(H,17,18);1H/p+1/t8-,11-;/m1./s1. The predicted octanol–water partition coefficient (Wildman–Crippen LogP) is 3.11. The molecule has 1 aliphatic carbocycles. The summed E-state index contributed by atoms with van der Waals surface area (Å²) in [4.78, 5) is 11.1. The summed E-state index contributed by atoms with van der Waals surface area (Å²) in [6, 6.07) is 4.95. The first-order valence-electron chi connectivity index (χ1n) is 6.10. The summed E-state index contributed by atoms with van der Waals surface area (Å²) in [6.45, 7) is 0.696. The van der Waals surface area contributed by atoms with E-state index < -0.39 is 5.97 Å². The van der Waals surface area contributed by atoms with Crippen molar-refractivity contribution < 1.29 is 11.3 Å². The quantitative estimate of drug-likeness (QED) is 0.799. The second-order valence-electron chi connectivity index (χ2n) is 4.73. The van der Waals surface area contributed by atoms with E-state index in [4.69, 9.17) is 22.4 Å². The number of carbonyl (C=O) groups is 1. The van der Waals surface area contributed by atoms with Crippen LogP contribution in [0, 0.1) is 5.92 Å². The molecule has 0 amide bonds. The van der Waals surface area contributed by atoms with Gasteiger partial charge in [-0.15, -0.1) is 12.4 Å². The highest BCUT2D eigenvalue weighted by Gasteiger charge is 2.24. The van der Waals surface area contributed by atoms with Gasteiger partial charge in [0.25, 0.3) is 0 Å². The van der Waals surface area contributed by atoms with Crippen LogP contribution in [0.3, 0.4) is 0 Å². The lowest BCUT2D eigenvalue weighted by Gasteiger charge is -2.17. The third-order valence-corrected chi connectivity index (χ3v) is 3.72. The van der Waals surface area contributed by atoms with Gasteiger partial charge in [-0.05, 0) is 37.0 Å². The second kappa shape index (κ2) is 6.98. The Morgan fingerprint density at radius 1 is 1.53 bits per heavy atom. The lowest BCUT2D eigenvalue weighted by atomic mass is 10.0. The largest absolute Gasteiger partial charge is 1.00 e. The minimum atomic E-state index is -0.954. The van der Waals surface area contributed by atoms with Crippen LogP contribution in [-0.4, -0.2) is 23.7 Å². The zero-order valence-electron chi connectivity index (χ0n) is 11.4. The molecule has 1 aliphatic rings. The molecule has 2 rings (SSSR count). The van der Waals surface area contributed by atoms with Crippen LogP contribution < -0.4 is 11.1 Å². The number of carboxylic acids is 1. The van der Waals surface area contributed by atoms with Gasteiger partial charge in [0.1, 0.15) is 0 Å². The van der Waals surface area contributed by atoms with Crippen LogP contribution in [0.4, 0.5) is 5.69 Å². The molecule has 106 valence electrons. The maximum absolute atomic E-state index is 11.1. The van der Waals surface area contributed by atoms with Crippen LogP contribution in [0.2, 0.25) is 5.02 Å². The molecule has 0 heterocycles. The molecule has 1 fully saturated rings. The van der Waals surface area contributed by atoms with E-state index in [1.807, 2.05) is 0 Å². The zero-order valence-corrected chi connectivity index (χ0v) is 12.0. The number of aromatic carboxylic acids is 1. The van der Waals surface area contributed by atoms with Gasteiger partial charge in [-0.2, -0.15) is 0 Å². The van der Waals surface area contributed by atoms with Gasteiger partial charge in [0.2, 0.25) is 0 Å². The molecule has 1 aromatic carbocycles. The van der Waals surface area contributed by atoms with Crippen LogP contribution >= 0.6 is 24.0 Å². The molecule has 0 unspecified atom stereocenters. The van der Waals surface area contributed by atoms with E-state index in [9.17, 15) is 4.79 Å². The highest BCUT2D eigenvalue weighted by molar-refractivity contribution is 6.31. The molecular weight excluding hydrogens is 287 g/mol. The maximum atomic E-state index is 11.1. The van der Waals surface area contributed by atoms with E-state index >= 15 is 0 Å². The van der Waals surface area contributed by atoms with Crippen LogP contribution in [0.15, 0.2) is 18.2 Å². The average molecular weight is 306 g/mol. The number of hydrogen-bond acceptors (Lipinski definition) is 3. The third-order valence-electron chi connectivity index (χ3n) is 3.48. The highest BCUT2D eigenvalue weighted by Crippen LogP contribution is 2.26. The highest BCUT2D eigenvalue weighted by atomic mass is 35.5. The Hall–Kier alpha value is -0.970. The van der Waals surface area contributed by atoms with Gasteiger partial charge in [-0.25, -0.2) is 4.79 Å². The van der Waals surface area contributed by atoms with Gasteiger partial charge in [0.15, 0.2) is 0 Å². The Kier molecular flexibility index (Phi) is 5.91. The van der Waals surface area contributed by atoms with Crippen molar-refractivity contribution in [3.05, 3.63) is 28.8 Å². The van der Waals surface area contributed by atoms with Crippen LogP contribution in [-0.2, 0) is 0 Å². The normalized spacial score (nSPS) is 21.8. The van der Waals surface area contributed by atoms with Gasteiger partial charge in [0.05, 0.1) is 11.3 Å². The molecule has 6 heteroatoms. The minimum Gasteiger partial charge on any atom is -0.478 e. The number of anilines is 1. The number of halogens is 2. The Labute approximate surface area is 125 Å².